The fraction of sp³-hybridized carbons (Fsp3) is 0.273. The molecule has 0 radical (unpaired) electrons. The third-order valence-corrected chi connectivity index (χ3v) is 6.68. The number of benzene rings is 2. The summed E-state index contributed by atoms with van der Waals surface area (Å²) in [6.07, 6.45) is 10.1. The summed E-state index contributed by atoms with van der Waals surface area (Å²) in [5.41, 5.74) is 6.73. The van der Waals surface area contributed by atoms with E-state index in [4.69, 9.17) is 0 Å². The van der Waals surface area contributed by atoms with Crippen molar-refractivity contribution in [3.05, 3.63) is 83.5 Å². The number of rotatable bonds is 2. The Morgan fingerprint density at radius 1 is 0.917 bits per heavy atom. The molecule has 0 fully saturated rings. The number of hydrogen-bond acceptors (Lipinski definition) is 1. The molecule has 2 aliphatic rings. The van der Waals surface area contributed by atoms with Crippen molar-refractivity contribution in [2.75, 3.05) is 6.26 Å². The Morgan fingerprint density at radius 3 is 2.42 bits per heavy atom. The maximum atomic E-state index is 12.1. The van der Waals surface area contributed by atoms with Crippen molar-refractivity contribution >= 4 is 10.8 Å². The minimum Gasteiger partial charge on any atom is -0.259 e. The summed E-state index contributed by atoms with van der Waals surface area (Å²) in [6, 6.07) is 15.5. The van der Waals surface area contributed by atoms with E-state index < -0.39 is 10.8 Å². The van der Waals surface area contributed by atoms with Gasteiger partial charge in [-0.25, -0.2) is 0 Å². The average Bonchev–Trinajstić information content (AvgIpc) is 2.83. The third-order valence-electron chi connectivity index (χ3n) is 5.46. The number of hydrogen-bond donors (Lipinski definition) is 0. The zero-order chi connectivity index (χ0) is 16.9. The second-order valence-electron chi connectivity index (χ2n) is 7.23. The quantitative estimate of drug-likeness (QED) is 0.759. The predicted octanol–water partition coefficient (Wildman–Crippen LogP) is 4.95. The van der Waals surface area contributed by atoms with E-state index in [1.165, 1.54) is 27.8 Å². The molecule has 2 aromatic carbocycles. The van der Waals surface area contributed by atoms with E-state index in [2.05, 4.69) is 74.5 Å². The Hall–Kier alpha value is -1.93. The molecule has 0 amide bonds. The van der Waals surface area contributed by atoms with Gasteiger partial charge in [0.1, 0.15) is 0 Å². The van der Waals surface area contributed by atoms with Gasteiger partial charge in [0.05, 0.1) is 5.25 Å². The first-order chi connectivity index (χ1) is 11.5. The molecule has 0 aromatic heterocycles. The zero-order valence-corrected chi connectivity index (χ0v) is 15.1. The van der Waals surface area contributed by atoms with Crippen LogP contribution in [0.2, 0.25) is 0 Å². The van der Waals surface area contributed by atoms with E-state index in [1.54, 1.807) is 6.26 Å². The molecule has 0 aliphatic heterocycles. The molecular weight excluding hydrogens is 312 g/mol. The Bertz CT molecular complexity index is 889. The van der Waals surface area contributed by atoms with E-state index in [0.717, 1.165) is 0 Å². The third kappa shape index (κ3) is 2.24. The fourth-order valence-corrected chi connectivity index (χ4v) is 5.11. The monoisotopic (exact) mass is 334 g/mol. The van der Waals surface area contributed by atoms with Crippen LogP contribution in [0.1, 0.15) is 36.5 Å². The molecule has 2 aliphatic carbocycles. The molecule has 122 valence electrons. The lowest BCUT2D eigenvalue weighted by Crippen LogP contribution is -2.22. The van der Waals surface area contributed by atoms with Crippen molar-refractivity contribution in [2.24, 2.45) is 0 Å². The first kappa shape index (κ1) is 15.6. The predicted molar refractivity (Wildman–Crippen MR) is 103 cm³/mol. The molecule has 0 bridgehead atoms. The van der Waals surface area contributed by atoms with Crippen LogP contribution in [-0.4, -0.2) is 15.7 Å². The van der Waals surface area contributed by atoms with Crippen LogP contribution in [0.25, 0.3) is 11.1 Å². The van der Waals surface area contributed by atoms with Gasteiger partial charge >= 0.3 is 0 Å². The maximum absolute atomic E-state index is 12.1. The van der Waals surface area contributed by atoms with Crippen molar-refractivity contribution in [3.63, 3.8) is 0 Å². The lowest BCUT2D eigenvalue weighted by Gasteiger charge is -2.26. The van der Waals surface area contributed by atoms with Gasteiger partial charge in [-0.15, -0.1) is 0 Å². The molecule has 1 nitrogen and oxygen atoms in total. The van der Waals surface area contributed by atoms with Crippen LogP contribution < -0.4 is 0 Å². The summed E-state index contributed by atoms with van der Waals surface area (Å²) in [7, 11) is -0.878. The highest BCUT2D eigenvalue weighted by atomic mass is 32.2. The second kappa shape index (κ2) is 5.56. The van der Waals surface area contributed by atoms with Gasteiger partial charge in [0.25, 0.3) is 0 Å². The Balaban J connectivity index is 1.84. The van der Waals surface area contributed by atoms with E-state index in [1.807, 2.05) is 6.08 Å². The van der Waals surface area contributed by atoms with Crippen LogP contribution in [0.3, 0.4) is 0 Å². The lowest BCUT2D eigenvalue weighted by molar-refractivity contribution is 0.657. The van der Waals surface area contributed by atoms with Crippen LogP contribution in [0.5, 0.6) is 0 Å². The highest BCUT2D eigenvalue weighted by Crippen LogP contribution is 2.49. The molecule has 4 rings (SSSR count). The van der Waals surface area contributed by atoms with Gasteiger partial charge in [-0.1, -0.05) is 80.6 Å². The van der Waals surface area contributed by atoms with Gasteiger partial charge in [-0.2, -0.15) is 0 Å². The van der Waals surface area contributed by atoms with Gasteiger partial charge in [0.15, 0.2) is 0 Å². The van der Waals surface area contributed by atoms with Crippen molar-refractivity contribution < 1.29 is 4.21 Å². The number of allylic oxidation sites excluding steroid dienone is 3. The largest absolute Gasteiger partial charge is 0.259 e. The van der Waals surface area contributed by atoms with Crippen molar-refractivity contribution in [1.29, 1.82) is 0 Å². The molecule has 0 heterocycles. The maximum Gasteiger partial charge on any atom is 0.0631 e. The molecule has 0 saturated carbocycles. The molecule has 2 aromatic rings. The first-order valence-corrected chi connectivity index (χ1v) is 10.0. The SMILES string of the molecule is CS(=O)C1C=CC=CC1c1ccc2c(c1)C(C)(C)c1ccccc1-2. The highest BCUT2D eigenvalue weighted by Gasteiger charge is 2.36. The van der Waals surface area contributed by atoms with Crippen LogP contribution >= 0.6 is 0 Å². The standard InChI is InChI=1S/C22H22OS/c1-22(2)19-10-6-4-9-17(19)18-13-12-15(14-20(18)22)16-8-5-7-11-21(16)24(3)23/h4-14,16,21H,1-3H3. The van der Waals surface area contributed by atoms with Gasteiger partial charge < -0.3 is 0 Å². The molecular formula is C22H22OS. The Kier molecular flexibility index (Phi) is 3.61. The van der Waals surface area contributed by atoms with Gasteiger partial charge in [0.2, 0.25) is 0 Å². The average molecular weight is 334 g/mol. The van der Waals surface area contributed by atoms with Crippen LogP contribution in [0.4, 0.5) is 0 Å². The molecule has 0 spiro atoms. The molecule has 0 N–H and O–H groups in total. The fourth-order valence-electron chi connectivity index (χ4n) is 4.13. The molecule has 3 unspecified atom stereocenters. The van der Waals surface area contributed by atoms with Crippen molar-refractivity contribution in [1.82, 2.24) is 0 Å². The van der Waals surface area contributed by atoms with E-state index in [-0.39, 0.29) is 16.6 Å². The van der Waals surface area contributed by atoms with Gasteiger partial charge in [0, 0.05) is 28.4 Å². The highest BCUT2D eigenvalue weighted by molar-refractivity contribution is 7.85. The molecule has 24 heavy (non-hydrogen) atoms. The molecule has 0 saturated heterocycles. The van der Waals surface area contributed by atoms with Crippen LogP contribution in [0.15, 0.2) is 66.8 Å². The molecule has 2 heteroatoms. The topological polar surface area (TPSA) is 17.1 Å². The smallest absolute Gasteiger partial charge is 0.0631 e. The normalized spacial score (nSPS) is 24.5. The minimum absolute atomic E-state index is 0.0109. The van der Waals surface area contributed by atoms with Crippen molar-refractivity contribution in [2.45, 2.75) is 30.4 Å². The molecule has 3 atom stereocenters. The lowest BCUT2D eigenvalue weighted by atomic mass is 9.80. The van der Waals surface area contributed by atoms with E-state index >= 15 is 0 Å². The summed E-state index contributed by atoms with van der Waals surface area (Å²) in [4.78, 5) is 0. The Morgan fingerprint density at radius 2 is 1.62 bits per heavy atom. The van der Waals surface area contributed by atoms with Crippen LogP contribution in [-0.2, 0) is 16.2 Å². The van der Waals surface area contributed by atoms with E-state index in [0.29, 0.717) is 0 Å². The van der Waals surface area contributed by atoms with E-state index in [9.17, 15) is 4.21 Å². The summed E-state index contributed by atoms with van der Waals surface area (Å²) < 4.78 is 12.1. The van der Waals surface area contributed by atoms with Gasteiger partial charge in [-0.05, 0) is 27.8 Å². The van der Waals surface area contributed by atoms with Gasteiger partial charge in [-0.3, -0.25) is 4.21 Å². The second-order valence-corrected chi connectivity index (χ2v) is 8.78. The zero-order valence-electron chi connectivity index (χ0n) is 14.3. The minimum atomic E-state index is -0.878. The summed E-state index contributed by atoms with van der Waals surface area (Å²) >= 11 is 0. The summed E-state index contributed by atoms with van der Waals surface area (Å²) in [6.45, 7) is 4.60. The van der Waals surface area contributed by atoms with Crippen LogP contribution in [0, 0.1) is 0 Å². The first-order valence-electron chi connectivity index (χ1n) is 8.41. The summed E-state index contributed by atoms with van der Waals surface area (Å²) in [5, 5.41) is 0.0555. The summed E-state index contributed by atoms with van der Waals surface area (Å²) in [5.74, 6) is 0.186. The van der Waals surface area contributed by atoms with Crippen molar-refractivity contribution in [3.8, 4) is 11.1 Å². The Labute approximate surface area is 146 Å². The number of fused-ring (bicyclic) bond motifs is 3.